The first-order valence-electron chi connectivity index (χ1n) is 10.7. The van der Waals surface area contributed by atoms with Gasteiger partial charge in [-0.2, -0.15) is 0 Å². The summed E-state index contributed by atoms with van der Waals surface area (Å²) in [6.07, 6.45) is 0.639. The van der Waals surface area contributed by atoms with E-state index in [-0.39, 0.29) is 12.6 Å². The van der Waals surface area contributed by atoms with Crippen molar-refractivity contribution in [1.82, 2.24) is 0 Å². The van der Waals surface area contributed by atoms with Gasteiger partial charge in [0.1, 0.15) is 12.4 Å². The van der Waals surface area contributed by atoms with Crippen molar-refractivity contribution in [3.8, 4) is 5.75 Å². The molecule has 2 atom stereocenters. The number of rotatable bonds is 7. The van der Waals surface area contributed by atoms with E-state index in [1.807, 2.05) is 43.3 Å². The van der Waals surface area contributed by atoms with Gasteiger partial charge in [0.25, 0.3) is 0 Å². The lowest BCUT2D eigenvalue weighted by molar-refractivity contribution is -0.142. The topological polar surface area (TPSA) is 108 Å². The fraction of sp³-hybridized carbons (Fsp3) is 0.375. The standard InChI is InChI=1S/C24H27BrN2O6/c1-3-18-12-16(22(28)33-24(26)30)10-11-27(18)21-9-6-17(25)13-20(21)23(29)32-14-15-4-7-19(31-2)8-5-15/h4-9,13,16,18H,3,10-12,14H2,1-2H3,(H2,26,30). The van der Waals surface area contributed by atoms with Gasteiger partial charge in [0.2, 0.25) is 0 Å². The number of methoxy groups -OCH3 is 1. The number of hydrogen-bond donors (Lipinski definition) is 1. The Morgan fingerprint density at radius 1 is 1.15 bits per heavy atom. The number of primary amides is 1. The molecule has 1 amide bonds. The molecule has 0 radical (unpaired) electrons. The van der Waals surface area contributed by atoms with Crippen molar-refractivity contribution in [1.29, 1.82) is 0 Å². The van der Waals surface area contributed by atoms with Crippen LogP contribution in [0.1, 0.15) is 42.1 Å². The minimum absolute atomic E-state index is 0.0153. The van der Waals surface area contributed by atoms with Gasteiger partial charge < -0.3 is 24.8 Å². The summed E-state index contributed by atoms with van der Waals surface area (Å²) in [6, 6.07) is 12.8. The van der Waals surface area contributed by atoms with Crippen LogP contribution in [0.25, 0.3) is 0 Å². The highest BCUT2D eigenvalue weighted by Gasteiger charge is 2.34. The van der Waals surface area contributed by atoms with Gasteiger partial charge in [-0.25, -0.2) is 9.59 Å². The van der Waals surface area contributed by atoms with Crippen LogP contribution in [-0.2, 0) is 20.9 Å². The SMILES string of the molecule is CCC1CC(C(=O)OC(N)=O)CCN1c1ccc(Br)cc1C(=O)OCc1ccc(OC)cc1. The maximum absolute atomic E-state index is 13.0. The largest absolute Gasteiger partial charge is 0.497 e. The molecule has 2 N–H and O–H groups in total. The van der Waals surface area contributed by atoms with E-state index < -0.39 is 23.9 Å². The molecule has 0 aromatic heterocycles. The third kappa shape index (κ3) is 6.25. The lowest BCUT2D eigenvalue weighted by atomic mass is 9.88. The van der Waals surface area contributed by atoms with Gasteiger partial charge in [-0.05, 0) is 55.2 Å². The Balaban J connectivity index is 1.76. The minimum Gasteiger partial charge on any atom is -0.497 e. The first kappa shape index (κ1) is 24.6. The number of carbonyl (C=O) groups is 3. The number of nitrogens with two attached hydrogens (primary N) is 1. The smallest absolute Gasteiger partial charge is 0.412 e. The third-order valence-corrected chi connectivity index (χ3v) is 6.23. The lowest BCUT2D eigenvalue weighted by Crippen LogP contribution is -2.45. The van der Waals surface area contributed by atoms with Crippen LogP contribution >= 0.6 is 15.9 Å². The van der Waals surface area contributed by atoms with Crippen molar-refractivity contribution >= 4 is 39.6 Å². The van der Waals surface area contributed by atoms with E-state index in [0.29, 0.717) is 24.9 Å². The summed E-state index contributed by atoms with van der Waals surface area (Å²) in [4.78, 5) is 38.2. The summed E-state index contributed by atoms with van der Waals surface area (Å²) in [5.74, 6) is -0.726. The second-order valence-corrected chi connectivity index (χ2v) is 8.72. The van der Waals surface area contributed by atoms with Crippen LogP contribution in [-0.4, -0.2) is 37.7 Å². The molecule has 8 nitrogen and oxygen atoms in total. The lowest BCUT2D eigenvalue weighted by Gasteiger charge is -2.40. The average Bonchev–Trinajstić information content (AvgIpc) is 2.82. The van der Waals surface area contributed by atoms with Gasteiger partial charge in [-0.1, -0.05) is 35.0 Å². The maximum atomic E-state index is 13.0. The van der Waals surface area contributed by atoms with Crippen molar-refractivity contribution < 1.29 is 28.6 Å². The Morgan fingerprint density at radius 3 is 2.52 bits per heavy atom. The average molecular weight is 519 g/mol. The molecule has 1 heterocycles. The highest BCUT2D eigenvalue weighted by Crippen LogP contribution is 2.34. The predicted octanol–water partition coefficient (Wildman–Crippen LogP) is 4.43. The summed E-state index contributed by atoms with van der Waals surface area (Å²) in [6.45, 7) is 2.67. The Hall–Kier alpha value is -3.07. The molecule has 2 aromatic carbocycles. The van der Waals surface area contributed by atoms with E-state index in [1.54, 1.807) is 13.2 Å². The molecule has 0 saturated carbocycles. The molecule has 1 aliphatic rings. The van der Waals surface area contributed by atoms with Crippen LogP contribution in [0.5, 0.6) is 5.75 Å². The first-order chi connectivity index (χ1) is 15.8. The molecule has 1 saturated heterocycles. The number of carbonyl (C=O) groups excluding carboxylic acids is 3. The summed E-state index contributed by atoms with van der Waals surface area (Å²) in [7, 11) is 1.59. The summed E-state index contributed by atoms with van der Waals surface area (Å²) < 4.78 is 16.1. The number of hydrogen-bond acceptors (Lipinski definition) is 7. The molecule has 2 aromatic rings. The fourth-order valence-corrected chi connectivity index (χ4v) is 4.38. The number of piperidine rings is 1. The number of ether oxygens (including phenoxy) is 3. The van der Waals surface area contributed by atoms with Crippen LogP contribution in [0.3, 0.4) is 0 Å². The molecule has 9 heteroatoms. The summed E-state index contributed by atoms with van der Waals surface area (Å²) >= 11 is 3.44. The second-order valence-electron chi connectivity index (χ2n) is 7.80. The third-order valence-electron chi connectivity index (χ3n) is 5.74. The Morgan fingerprint density at radius 2 is 1.88 bits per heavy atom. The van der Waals surface area contributed by atoms with Crippen molar-refractivity contribution in [2.24, 2.45) is 11.7 Å². The van der Waals surface area contributed by atoms with Crippen LogP contribution in [0.15, 0.2) is 46.9 Å². The molecular weight excluding hydrogens is 492 g/mol. The number of nitrogens with zero attached hydrogens (tertiary/aromatic N) is 1. The highest BCUT2D eigenvalue weighted by atomic mass is 79.9. The zero-order valence-corrected chi connectivity index (χ0v) is 20.2. The van der Waals surface area contributed by atoms with Gasteiger partial charge >= 0.3 is 18.0 Å². The summed E-state index contributed by atoms with van der Waals surface area (Å²) in [5, 5.41) is 0. The highest BCUT2D eigenvalue weighted by molar-refractivity contribution is 9.10. The zero-order valence-electron chi connectivity index (χ0n) is 18.6. The Kier molecular flexibility index (Phi) is 8.32. The monoisotopic (exact) mass is 518 g/mol. The molecule has 0 spiro atoms. The Bertz CT molecular complexity index is 1010. The van der Waals surface area contributed by atoms with Crippen LogP contribution in [0.2, 0.25) is 0 Å². The van der Waals surface area contributed by atoms with E-state index in [4.69, 9.17) is 15.2 Å². The molecule has 0 bridgehead atoms. The maximum Gasteiger partial charge on any atom is 0.412 e. The molecule has 1 aliphatic heterocycles. The number of halogens is 1. The molecule has 0 aliphatic carbocycles. The normalized spacial score (nSPS) is 17.8. The van der Waals surface area contributed by atoms with Gasteiger partial charge in [-0.15, -0.1) is 0 Å². The Labute approximate surface area is 201 Å². The van der Waals surface area contributed by atoms with Crippen molar-refractivity contribution in [3.63, 3.8) is 0 Å². The fourth-order valence-electron chi connectivity index (χ4n) is 4.02. The van der Waals surface area contributed by atoms with E-state index in [2.05, 4.69) is 25.6 Å². The number of esters is 2. The summed E-state index contributed by atoms with van der Waals surface area (Å²) in [5.41, 5.74) is 7.01. The quantitative estimate of drug-likeness (QED) is 0.426. The van der Waals surface area contributed by atoms with Crippen LogP contribution < -0.4 is 15.4 Å². The van der Waals surface area contributed by atoms with Gasteiger partial charge in [0.15, 0.2) is 0 Å². The van der Waals surface area contributed by atoms with Crippen molar-refractivity contribution in [3.05, 3.63) is 58.1 Å². The molecule has 176 valence electrons. The van der Waals surface area contributed by atoms with Crippen molar-refractivity contribution in [2.75, 3.05) is 18.6 Å². The zero-order chi connectivity index (χ0) is 24.0. The van der Waals surface area contributed by atoms with Gasteiger partial charge in [0, 0.05) is 17.1 Å². The second kappa shape index (κ2) is 11.2. The molecule has 3 rings (SSSR count). The molecule has 33 heavy (non-hydrogen) atoms. The minimum atomic E-state index is -1.09. The van der Waals surface area contributed by atoms with E-state index >= 15 is 0 Å². The first-order valence-corrected chi connectivity index (χ1v) is 11.5. The predicted molar refractivity (Wildman–Crippen MR) is 126 cm³/mol. The number of benzene rings is 2. The van der Waals surface area contributed by atoms with E-state index in [1.165, 1.54) is 0 Å². The van der Waals surface area contributed by atoms with E-state index in [0.717, 1.165) is 27.9 Å². The van der Waals surface area contributed by atoms with Gasteiger partial charge in [-0.3, -0.25) is 4.79 Å². The van der Waals surface area contributed by atoms with Crippen LogP contribution in [0.4, 0.5) is 10.5 Å². The van der Waals surface area contributed by atoms with Crippen molar-refractivity contribution in [2.45, 2.75) is 38.8 Å². The van der Waals surface area contributed by atoms with Gasteiger partial charge in [0.05, 0.1) is 24.3 Å². The van der Waals surface area contributed by atoms with Crippen LogP contribution in [0, 0.1) is 5.92 Å². The molecule has 2 unspecified atom stereocenters. The number of amides is 1. The number of anilines is 1. The van der Waals surface area contributed by atoms with E-state index in [9.17, 15) is 14.4 Å². The molecular formula is C24H27BrN2O6. The molecule has 1 fully saturated rings.